The molecule has 3 aromatic rings. The van der Waals surface area contributed by atoms with Crippen LogP contribution in [0.15, 0.2) is 48.7 Å². The average molecular weight is 412 g/mol. The molecule has 0 spiro atoms. The Balaban J connectivity index is 1.46. The van der Waals surface area contributed by atoms with Crippen molar-refractivity contribution < 1.29 is 9.18 Å². The summed E-state index contributed by atoms with van der Waals surface area (Å²) in [7, 11) is 0. The number of nitrogens with one attached hydrogen (secondary N) is 2. The standard InChI is InChI=1S/C23H23ClFN3O/c1-14-4-3-5-21-22(14)18(13-26-21)16-8-10-28(11-9-16)15(2)23(29)27-20-7-6-17(25)12-19(20)24/h3-8,12-13,15,26H,9-11H2,1-2H3,(H,27,29). The number of nitrogens with zero attached hydrogens (tertiary/aromatic N) is 1. The van der Waals surface area contributed by atoms with E-state index in [1.165, 1.54) is 40.3 Å². The molecule has 2 heterocycles. The van der Waals surface area contributed by atoms with E-state index in [2.05, 4.69) is 52.6 Å². The number of halogens is 2. The Bertz CT molecular complexity index is 1100. The number of H-pyrrole nitrogens is 1. The predicted molar refractivity (Wildman–Crippen MR) is 117 cm³/mol. The second kappa shape index (κ2) is 8.01. The highest BCUT2D eigenvalue weighted by Crippen LogP contribution is 2.31. The molecule has 0 radical (unpaired) electrons. The fourth-order valence-electron chi connectivity index (χ4n) is 3.90. The van der Waals surface area contributed by atoms with Crippen LogP contribution in [0.1, 0.15) is 24.5 Å². The van der Waals surface area contributed by atoms with Gasteiger partial charge in [-0.2, -0.15) is 0 Å². The zero-order valence-corrected chi connectivity index (χ0v) is 17.2. The molecule has 1 atom stereocenters. The highest BCUT2D eigenvalue weighted by Gasteiger charge is 2.25. The molecule has 4 nitrogen and oxygen atoms in total. The van der Waals surface area contributed by atoms with Gasteiger partial charge in [-0.1, -0.05) is 29.8 Å². The minimum atomic E-state index is -0.428. The zero-order valence-electron chi connectivity index (χ0n) is 16.4. The molecular weight excluding hydrogens is 389 g/mol. The SMILES string of the molecule is Cc1cccc2[nH]cc(C3=CCN(C(C)C(=O)Nc4ccc(F)cc4Cl)CC3)c12. The molecule has 0 aliphatic carbocycles. The summed E-state index contributed by atoms with van der Waals surface area (Å²) >= 11 is 6.02. The quantitative estimate of drug-likeness (QED) is 0.605. The number of aryl methyl sites for hydroxylation is 1. The van der Waals surface area contributed by atoms with Gasteiger partial charge in [-0.05, 0) is 55.7 Å². The first kappa shape index (κ1) is 19.7. The monoisotopic (exact) mass is 411 g/mol. The average Bonchev–Trinajstić information content (AvgIpc) is 3.15. The lowest BCUT2D eigenvalue weighted by Gasteiger charge is -2.31. The van der Waals surface area contributed by atoms with Gasteiger partial charge in [0.1, 0.15) is 5.82 Å². The van der Waals surface area contributed by atoms with E-state index in [4.69, 9.17) is 11.6 Å². The van der Waals surface area contributed by atoms with E-state index in [1.807, 2.05) is 6.92 Å². The van der Waals surface area contributed by atoms with Crippen molar-refractivity contribution in [2.24, 2.45) is 0 Å². The summed E-state index contributed by atoms with van der Waals surface area (Å²) in [5, 5.41) is 4.26. The summed E-state index contributed by atoms with van der Waals surface area (Å²) in [6.07, 6.45) is 5.15. The Kier molecular flexibility index (Phi) is 5.43. The minimum Gasteiger partial charge on any atom is -0.361 e. The number of carbonyl (C=O) groups is 1. The van der Waals surface area contributed by atoms with Crippen LogP contribution < -0.4 is 5.32 Å². The van der Waals surface area contributed by atoms with Gasteiger partial charge < -0.3 is 10.3 Å². The first-order chi connectivity index (χ1) is 13.9. The van der Waals surface area contributed by atoms with Gasteiger partial charge in [0.25, 0.3) is 0 Å². The van der Waals surface area contributed by atoms with Gasteiger partial charge in [0.05, 0.1) is 16.8 Å². The van der Waals surface area contributed by atoms with Crippen molar-refractivity contribution in [3.05, 3.63) is 70.6 Å². The molecule has 0 fully saturated rings. The van der Waals surface area contributed by atoms with Crippen LogP contribution >= 0.6 is 11.6 Å². The second-order valence-corrected chi connectivity index (χ2v) is 7.87. The van der Waals surface area contributed by atoms with Crippen LogP contribution in [0.3, 0.4) is 0 Å². The summed E-state index contributed by atoms with van der Waals surface area (Å²) in [4.78, 5) is 18.1. The maximum Gasteiger partial charge on any atom is 0.241 e. The Labute approximate surface area is 174 Å². The van der Waals surface area contributed by atoms with Crippen molar-refractivity contribution in [2.45, 2.75) is 26.3 Å². The van der Waals surface area contributed by atoms with Crippen LogP contribution in [0.4, 0.5) is 10.1 Å². The first-order valence-electron chi connectivity index (χ1n) is 9.70. The summed E-state index contributed by atoms with van der Waals surface area (Å²) < 4.78 is 13.2. The molecule has 0 saturated heterocycles. The van der Waals surface area contributed by atoms with Gasteiger partial charge in [0, 0.05) is 35.8 Å². The summed E-state index contributed by atoms with van der Waals surface area (Å²) in [6.45, 7) is 5.49. The number of aromatic amines is 1. The molecule has 2 aromatic carbocycles. The fraction of sp³-hybridized carbons (Fsp3) is 0.261. The number of benzene rings is 2. The predicted octanol–water partition coefficient (Wildman–Crippen LogP) is 5.39. The molecule has 1 unspecified atom stereocenters. The van der Waals surface area contributed by atoms with E-state index in [0.29, 0.717) is 12.2 Å². The fourth-order valence-corrected chi connectivity index (χ4v) is 4.11. The molecule has 2 N–H and O–H groups in total. The van der Waals surface area contributed by atoms with Crippen LogP contribution in [-0.2, 0) is 4.79 Å². The third-order valence-electron chi connectivity index (χ3n) is 5.62. The third-order valence-corrected chi connectivity index (χ3v) is 5.93. The topological polar surface area (TPSA) is 48.1 Å². The Morgan fingerprint density at radius 1 is 1.31 bits per heavy atom. The van der Waals surface area contributed by atoms with Crippen molar-refractivity contribution in [2.75, 3.05) is 18.4 Å². The maximum absolute atomic E-state index is 13.2. The van der Waals surface area contributed by atoms with Gasteiger partial charge in [-0.15, -0.1) is 0 Å². The number of amides is 1. The maximum atomic E-state index is 13.2. The smallest absolute Gasteiger partial charge is 0.241 e. The van der Waals surface area contributed by atoms with Gasteiger partial charge in [-0.3, -0.25) is 9.69 Å². The number of fused-ring (bicyclic) bond motifs is 1. The van der Waals surface area contributed by atoms with Crippen LogP contribution in [0.5, 0.6) is 0 Å². The molecule has 0 saturated carbocycles. The van der Waals surface area contributed by atoms with E-state index in [9.17, 15) is 9.18 Å². The number of rotatable bonds is 4. The number of hydrogen-bond acceptors (Lipinski definition) is 2. The van der Waals surface area contributed by atoms with E-state index in [0.717, 1.165) is 18.5 Å². The van der Waals surface area contributed by atoms with Crippen molar-refractivity contribution >= 4 is 39.7 Å². The number of carbonyl (C=O) groups excluding carboxylic acids is 1. The van der Waals surface area contributed by atoms with Gasteiger partial charge in [-0.25, -0.2) is 4.39 Å². The zero-order chi connectivity index (χ0) is 20.5. The number of hydrogen-bond donors (Lipinski definition) is 2. The minimum absolute atomic E-state index is 0.154. The summed E-state index contributed by atoms with van der Waals surface area (Å²) in [5.74, 6) is -0.583. The van der Waals surface area contributed by atoms with E-state index in [1.54, 1.807) is 0 Å². The number of aromatic nitrogens is 1. The Hall–Kier alpha value is -2.63. The summed E-state index contributed by atoms with van der Waals surface area (Å²) in [5.41, 5.74) is 5.37. The molecule has 6 heteroatoms. The van der Waals surface area contributed by atoms with Crippen molar-refractivity contribution in [3.63, 3.8) is 0 Å². The highest BCUT2D eigenvalue weighted by atomic mass is 35.5. The number of anilines is 1. The molecule has 150 valence electrons. The van der Waals surface area contributed by atoms with Crippen molar-refractivity contribution in [1.82, 2.24) is 9.88 Å². The van der Waals surface area contributed by atoms with Crippen LogP contribution in [0, 0.1) is 12.7 Å². The normalized spacial score (nSPS) is 15.9. The lowest BCUT2D eigenvalue weighted by Crippen LogP contribution is -2.44. The molecule has 1 aromatic heterocycles. The van der Waals surface area contributed by atoms with Crippen molar-refractivity contribution in [3.8, 4) is 0 Å². The van der Waals surface area contributed by atoms with E-state index >= 15 is 0 Å². The molecule has 0 bridgehead atoms. The molecule has 1 amide bonds. The molecule has 29 heavy (non-hydrogen) atoms. The third kappa shape index (κ3) is 3.93. The Morgan fingerprint density at radius 3 is 2.86 bits per heavy atom. The van der Waals surface area contributed by atoms with Gasteiger partial charge in [0.15, 0.2) is 0 Å². The van der Waals surface area contributed by atoms with Crippen LogP contribution in [-0.4, -0.2) is 34.9 Å². The Morgan fingerprint density at radius 2 is 2.14 bits per heavy atom. The van der Waals surface area contributed by atoms with Gasteiger partial charge in [0.2, 0.25) is 5.91 Å². The molecule has 4 rings (SSSR count). The molecule has 1 aliphatic heterocycles. The molecule has 1 aliphatic rings. The first-order valence-corrected chi connectivity index (χ1v) is 10.1. The van der Waals surface area contributed by atoms with E-state index in [-0.39, 0.29) is 17.0 Å². The van der Waals surface area contributed by atoms with Crippen LogP contribution in [0.2, 0.25) is 5.02 Å². The van der Waals surface area contributed by atoms with Gasteiger partial charge >= 0.3 is 0 Å². The lowest BCUT2D eigenvalue weighted by molar-refractivity contribution is -0.120. The lowest BCUT2D eigenvalue weighted by atomic mass is 9.96. The van der Waals surface area contributed by atoms with Crippen LogP contribution in [0.25, 0.3) is 16.5 Å². The highest BCUT2D eigenvalue weighted by molar-refractivity contribution is 6.33. The largest absolute Gasteiger partial charge is 0.361 e. The van der Waals surface area contributed by atoms with Crippen molar-refractivity contribution in [1.29, 1.82) is 0 Å². The van der Waals surface area contributed by atoms with E-state index < -0.39 is 5.82 Å². The molecular formula is C23H23ClFN3O. The summed E-state index contributed by atoms with van der Waals surface area (Å²) in [6, 6.07) is 9.92. The second-order valence-electron chi connectivity index (χ2n) is 7.46.